The van der Waals surface area contributed by atoms with Crippen molar-refractivity contribution in [2.75, 3.05) is 7.11 Å². The second-order valence-electron chi connectivity index (χ2n) is 3.62. The van der Waals surface area contributed by atoms with Gasteiger partial charge in [0.15, 0.2) is 0 Å². The Morgan fingerprint density at radius 3 is 2.38 bits per heavy atom. The van der Waals surface area contributed by atoms with E-state index in [2.05, 4.69) is 46.3 Å². The van der Waals surface area contributed by atoms with E-state index in [1.54, 1.807) is 7.11 Å². The Hall–Kier alpha value is -1.28. The zero-order valence-electron chi connectivity index (χ0n) is 9.11. The van der Waals surface area contributed by atoms with E-state index in [1.165, 1.54) is 11.1 Å². The molecule has 0 heterocycles. The summed E-state index contributed by atoms with van der Waals surface area (Å²) in [6, 6.07) is 16.5. The van der Waals surface area contributed by atoms with Crippen molar-refractivity contribution in [1.82, 2.24) is 0 Å². The minimum absolute atomic E-state index is 0.900. The van der Waals surface area contributed by atoms with Crippen LogP contribution in [0, 0.1) is 0 Å². The van der Waals surface area contributed by atoms with E-state index in [1.807, 2.05) is 18.2 Å². The number of methoxy groups -OCH3 is 1. The summed E-state index contributed by atoms with van der Waals surface area (Å²) in [6.45, 7) is 0. The van der Waals surface area contributed by atoms with E-state index >= 15 is 0 Å². The first-order chi connectivity index (χ1) is 7.79. The van der Waals surface area contributed by atoms with Crippen molar-refractivity contribution in [3.05, 3.63) is 64.1 Å². The number of ether oxygens (including phenoxy) is 1. The van der Waals surface area contributed by atoms with Gasteiger partial charge >= 0.3 is 0 Å². The predicted octanol–water partition coefficient (Wildman–Crippen LogP) is 4.05. The van der Waals surface area contributed by atoms with Gasteiger partial charge in [-0.2, -0.15) is 0 Å². The first kappa shape index (κ1) is 11.2. The normalized spacial score (nSPS) is 10.1. The van der Waals surface area contributed by atoms with Crippen LogP contribution in [0.1, 0.15) is 11.1 Å². The van der Waals surface area contributed by atoms with Gasteiger partial charge in [-0.05, 0) is 29.3 Å². The number of para-hydroxylation sites is 1. The molecule has 0 aliphatic carbocycles. The van der Waals surface area contributed by atoms with Gasteiger partial charge in [-0.3, -0.25) is 0 Å². The molecule has 82 valence electrons. The highest BCUT2D eigenvalue weighted by atomic mass is 79.9. The number of halogens is 1. The number of hydrogen-bond donors (Lipinski definition) is 0. The Labute approximate surface area is 104 Å². The second kappa shape index (κ2) is 5.17. The molecule has 0 saturated heterocycles. The maximum absolute atomic E-state index is 5.33. The average Bonchev–Trinajstić information content (AvgIpc) is 2.33. The van der Waals surface area contributed by atoms with Gasteiger partial charge in [0.25, 0.3) is 0 Å². The molecule has 2 rings (SSSR count). The van der Waals surface area contributed by atoms with Gasteiger partial charge < -0.3 is 4.74 Å². The fourth-order valence-corrected chi connectivity index (χ4v) is 1.94. The van der Waals surface area contributed by atoms with Gasteiger partial charge in [0.1, 0.15) is 5.75 Å². The number of rotatable bonds is 3. The van der Waals surface area contributed by atoms with Crippen molar-refractivity contribution < 1.29 is 4.74 Å². The van der Waals surface area contributed by atoms with Crippen LogP contribution in [0.3, 0.4) is 0 Å². The molecule has 0 amide bonds. The Kier molecular flexibility index (Phi) is 3.62. The van der Waals surface area contributed by atoms with E-state index < -0.39 is 0 Å². The Bertz CT molecular complexity index is 462. The summed E-state index contributed by atoms with van der Waals surface area (Å²) in [5, 5.41) is 0. The van der Waals surface area contributed by atoms with Crippen LogP contribution < -0.4 is 4.74 Å². The van der Waals surface area contributed by atoms with Crippen LogP contribution in [0.2, 0.25) is 0 Å². The zero-order valence-corrected chi connectivity index (χ0v) is 10.7. The van der Waals surface area contributed by atoms with Crippen LogP contribution >= 0.6 is 15.9 Å². The summed E-state index contributed by atoms with van der Waals surface area (Å²) >= 11 is 3.43. The third-order valence-electron chi connectivity index (χ3n) is 2.50. The molecule has 2 aromatic carbocycles. The summed E-state index contributed by atoms with van der Waals surface area (Å²) in [7, 11) is 1.71. The van der Waals surface area contributed by atoms with Crippen molar-refractivity contribution >= 4 is 15.9 Å². The topological polar surface area (TPSA) is 9.23 Å². The highest BCUT2D eigenvalue weighted by Crippen LogP contribution is 2.21. The van der Waals surface area contributed by atoms with Crippen molar-refractivity contribution in [1.29, 1.82) is 0 Å². The molecule has 0 aromatic heterocycles. The summed E-state index contributed by atoms with van der Waals surface area (Å²) in [5.41, 5.74) is 2.50. The van der Waals surface area contributed by atoms with E-state index in [9.17, 15) is 0 Å². The van der Waals surface area contributed by atoms with Gasteiger partial charge in [0.05, 0.1) is 7.11 Å². The lowest BCUT2D eigenvalue weighted by molar-refractivity contribution is 0.410. The zero-order chi connectivity index (χ0) is 11.4. The van der Waals surface area contributed by atoms with E-state index in [0.29, 0.717) is 0 Å². The van der Waals surface area contributed by atoms with Crippen LogP contribution in [0.5, 0.6) is 5.75 Å². The minimum atomic E-state index is 0.900. The summed E-state index contributed by atoms with van der Waals surface area (Å²) in [5.74, 6) is 0.949. The Morgan fingerprint density at radius 2 is 1.69 bits per heavy atom. The van der Waals surface area contributed by atoms with E-state index in [0.717, 1.165) is 16.6 Å². The van der Waals surface area contributed by atoms with Crippen LogP contribution in [-0.4, -0.2) is 7.11 Å². The fourth-order valence-electron chi connectivity index (χ4n) is 1.67. The molecule has 2 heteroatoms. The molecule has 0 aliphatic heterocycles. The van der Waals surface area contributed by atoms with Crippen LogP contribution in [0.25, 0.3) is 0 Å². The molecule has 2 aromatic rings. The number of benzene rings is 2. The first-order valence-corrected chi connectivity index (χ1v) is 5.95. The van der Waals surface area contributed by atoms with E-state index in [-0.39, 0.29) is 0 Å². The summed E-state index contributed by atoms with van der Waals surface area (Å²) in [4.78, 5) is 0. The van der Waals surface area contributed by atoms with Gasteiger partial charge in [0.2, 0.25) is 0 Å². The molecule has 0 N–H and O–H groups in total. The van der Waals surface area contributed by atoms with Crippen molar-refractivity contribution in [3.8, 4) is 5.75 Å². The third kappa shape index (κ3) is 2.64. The SMILES string of the molecule is COc1ccccc1Cc1ccc(Br)cc1. The Balaban J connectivity index is 2.23. The molecule has 0 saturated carbocycles. The van der Waals surface area contributed by atoms with Crippen molar-refractivity contribution in [2.24, 2.45) is 0 Å². The first-order valence-electron chi connectivity index (χ1n) is 5.16. The molecule has 0 unspecified atom stereocenters. The molecule has 0 aliphatic rings. The maximum atomic E-state index is 5.33. The summed E-state index contributed by atoms with van der Waals surface area (Å²) < 4.78 is 6.44. The fraction of sp³-hybridized carbons (Fsp3) is 0.143. The van der Waals surface area contributed by atoms with Crippen LogP contribution in [0.4, 0.5) is 0 Å². The molecule has 16 heavy (non-hydrogen) atoms. The molecular formula is C14H13BrO. The van der Waals surface area contributed by atoms with Gasteiger partial charge in [-0.15, -0.1) is 0 Å². The summed E-state index contributed by atoms with van der Waals surface area (Å²) in [6.07, 6.45) is 0.900. The van der Waals surface area contributed by atoms with Gasteiger partial charge in [-0.1, -0.05) is 46.3 Å². The molecule has 0 bridgehead atoms. The lowest BCUT2D eigenvalue weighted by atomic mass is 10.0. The van der Waals surface area contributed by atoms with Gasteiger partial charge in [-0.25, -0.2) is 0 Å². The lowest BCUT2D eigenvalue weighted by Gasteiger charge is -2.08. The third-order valence-corrected chi connectivity index (χ3v) is 3.03. The van der Waals surface area contributed by atoms with Crippen molar-refractivity contribution in [2.45, 2.75) is 6.42 Å². The average molecular weight is 277 g/mol. The van der Waals surface area contributed by atoms with E-state index in [4.69, 9.17) is 4.74 Å². The van der Waals surface area contributed by atoms with Crippen LogP contribution in [0.15, 0.2) is 53.0 Å². The quantitative estimate of drug-likeness (QED) is 0.822. The lowest BCUT2D eigenvalue weighted by Crippen LogP contribution is -1.93. The van der Waals surface area contributed by atoms with Gasteiger partial charge in [0, 0.05) is 10.9 Å². The molecule has 0 fully saturated rings. The molecule has 1 nitrogen and oxygen atoms in total. The minimum Gasteiger partial charge on any atom is -0.496 e. The molecule has 0 radical (unpaired) electrons. The predicted molar refractivity (Wildman–Crippen MR) is 69.9 cm³/mol. The highest BCUT2D eigenvalue weighted by molar-refractivity contribution is 9.10. The standard InChI is InChI=1S/C14H13BrO/c1-16-14-5-3-2-4-12(14)10-11-6-8-13(15)9-7-11/h2-9H,10H2,1H3. The number of hydrogen-bond acceptors (Lipinski definition) is 1. The Morgan fingerprint density at radius 1 is 1.00 bits per heavy atom. The molecular weight excluding hydrogens is 264 g/mol. The largest absolute Gasteiger partial charge is 0.496 e. The van der Waals surface area contributed by atoms with Crippen LogP contribution in [-0.2, 0) is 6.42 Å². The van der Waals surface area contributed by atoms with Crippen molar-refractivity contribution in [3.63, 3.8) is 0 Å². The maximum Gasteiger partial charge on any atom is 0.122 e. The smallest absolute Gasteiger partial charge is 0.122 e. The highest BCUT2D eigenvalue weighted by Gasteiger charge is 2.02. The monoisotopic (exact) mass is 276 g/mol. The molecule has 0 atom stereocenters. The second-order valence-corrected chi connectivity index (χ2v) is 4.53. The molecule has 0 spiro atoms.